The van der Waals surface area contributed by atoms with E-state index in [9.17, 15) is 9.59 Å². The zero-order valence-corrected chi connectivity index (χ0v) is 21.8. The smallest absolute Gasteiger partial charge is 0.233 e. The second-order valence-electron chi connectivity index (χ2n) is 10.3. The number of aromatic nitrogens is 3. The van der Waals surface area contributed by atoms with Gasteiger partial charge >= 0.3 is 0 Å². The van der Waals surface area contributed by atoms with Crippen LogP contribution in [0.2, 0.25) is 0 Å². The van der Waals surface area contributed by atoms with E-state index in [1.165, 1.54) is 11.8 Å². The first-order chi connectivity index (χ1) is 16.6. The average molecular weight is 496 g/mol. The number of rotatable bonds is 6. The molecule has 0 bridgehead atoms. The molecule has 0 aliphatic carbocycles. The van der Waals surface area contributed by atoms with E-state index in [4.69, 9.17) is 4.42 Å². The fourth-order valence-corrected chi connectivity index (χ4v) is 5.11. The van der Waals surface area contributed by atoms with Crippen molar-refractivity contribution in [2.24, 2.45) is 5.41 Å². The van der Waals surface area contributed by atoms with Crippen molar-refractivity contribution in [2.75, 3.05) is 25.4 Å². The van der Waals surface area contributed by atoms with Crippen molar-refractivity contribution in [1.82, 2.24) is 24.6 Å². The highest BCUT2D eigenvalue weighted by molar-refractivity contribution is 7.99. The van der Waals surface area contributed by atoms with Gasteiger partial charge in [0, 0.05) is 32.1 Å². The Kier molecular flexibility index (Phi) is 7.35. The summed E-state index contributed by atoms with van der Waals surface area (Å²) < 4.78 is 7.50. The third-order valence-corrected chi connectivity index (χ3v) is 6.86. The maximum atomic E-state index is 13.1. The van der Waals surface area contributed by atoms with Crippen LogP contribution in [0.1, 0.15) is 39.7 Å². The minimum atomic E-state index is -0.0534. The highest BCUT2D eigenvalue weighted by atomic mass is 32.2. The molecular weight excluding hydrogens is 462 g/mol. The standard InChI is InChI=1S/C26H33N5O3S/c1-18-8-6-9-20(14-18)31-24(21-10-7-13-34-21)27-28-25(31)35-17-23(33)29-11-12-30(19(2)16-29)22(32)15-26(3,4)5/h6-10,13-14,19H,11-12,15-17H2,1-5H3. The number of furan rings is 1. The van der Waals surface area contributed by atoms with Gasteiger partial charge < -0.3 is 14.2 Å². The first-order valence-electron chi connectivity index (χ1n) is 11.9. The zero-order chi connectivity index (χ0) is 25.2. The number of hydrogen-bond acceptors (Lipinski definition) is 6. The first-order valence-corrected chi connectivity index (χ1v) is 12.9. The van der Waals surface area contributed by atoms with Gasteiger partial charge in [0.15, 0.2) is 10.9 Å². The number of piperazine rings is 1. The number of carbonyl (C=O) groups excluding carboxylic acids is 2. The van der Waals surface area contributed by atoms with Gasteiger partial charge in [-0.3, -0.25) is 14.2 Å². The molecule has 1 fully saturated rings. The number of nitrogens with zero attached hydrogens (tertiary/aromatic N) is 5. The molecule has 1 atom stereocenters. The lowest BCUT2D eigenvalue weighted by Crippen LogP contribution is -2.56. The Labute approximate surface area is 210 Å². The third kappa shape index (κ3) is 5.96. The van der Waals surface area contributed by atoms with E-state index < -0.39 is 0 Å². The van der Waals surface area contributed by atoms with Crippen LogP contribution in [0.5, 0.6) is 0 Å². The summed E-state index contributed by atoms with van der Waals surface area (Å²) in [7, 11) is 0. The van der Waals surface area contributed by atoms with E-state index in [-0.39, 0.29) is 29.0 Å². The predicted octanol–water partition coefficient (Wildman–Crippen LogP) is 4.42. The van der Waals surface area contributed by atoms with Gasteiger partial charge in [-0.2, -0.15) is 0 Å². The Hall–Kier alpha value is -3.07. The van der Waals surface area contributed by atoms with Gasteiger partial charge in [0.1, 0.15) is 0 Å². The average Bonchev–Trinajstić information content (AvgIpc) is 3.46. The molecule has 1 saturated heterocycles. The second-order valence-corrected chi connectivity index (χ2v) is 11.2. The number of benzene rings is 1. The third-order valence-electron chi connectivity index (χ3n) is 5.94. The molecule has 0 saturated carbocycles. The summed E-state index contributed by atoms with van der Waals surface area (Å²) in [6.45, 7) is 11.9. The van der Waals surface area contributed by atoms with Gasteiger partial charge in [-0.05, 0) is 49.1 Å². The Morgan fingerprint density at radius 3 is 2.57 bits per heavy atom. The van der Waals surface area contributed by atoms with Crippen LogP contribution in [0, 0.1) is 12.3 Å². The van der Waals surface area contributed by atoms with Crippen molar-refractivity contribution in [3.63, 3.8) is 0 Å². The van der Waals surface area contributed by atoms with Crippen molar-refractivity contribution >= 4 is 23.6 Å². The van der Waals surface area contributed by atoms with Crippen molar-refractivity contribution < 1.29 is 14.0 Å². The summed E-state index contributed by atoms with van der Waals surface area (Å²) in [5.41, 5.74) is 1.97. The van der Waals surface area contributed by atoms with Gasteiger partial charge in [0.05, 0.1) is 17.7 Å². The molecule has 0 spiro atoms. The summed E-state index contributed by atoms with van der Waals surface area (Å²) in [6, 6.07) is 11.7. The monoisotopic (exact) mass is 495 g/mol. The lowest BCUT2D eigenvalue weighted by Gasteiger charge is -2.40. The van der Waals surface area contributed by atoms with Gasteiger partial charge in [-0.25, -0.2) is 0 Å². The lowest BCUT2D eigenvalue weighted by atomic mass is 9.91. The van der Waals surface area contributed by atoms with Crippen LogP contribution in [0.15, 0.2) is 52.2 Å². The fourth-order valence-electron chi connectivity index (χ4n) is 4.26. The molecule has 35 heavy (non-hydrogen) atoms. The quantitative estimate of drug-likeness (QED) is 0.471. The van der Waals surface area contributed by atoms with Crippen molar-refractivity contribution in [2.45, 2.75) is 52.2 Å². The maximum Gasteiger partial charge on any atom is 0.233 e. The van der Waals surface area contributed by atoms with Crippen LogP contribution < -0.4 is 0 Å². The molecule has 2 aromatic heterocycles. The molecule has 1 aromatic carbocycles. The van der Waals surface area contributed by atoms with E-state index in [1.54, 1.807) is 6.26 Å². The molecule has 2 amide bonds. The predicted molar refractivity (Wildman–Crippen MR) is 136 cm³/mol. The van der Waals surface area contributed by atoms with Crippen LogP contribution in [-0.2, 0) is 9.59 Å². The number of hydrogen-bond donors (Lipinski definition) is 0. The lowest BCUT2D eigenvalue weighted by molar-refractivity contribution is -0.142. The number of amides is 2. The van der Waals surface area contributed by atoms with E-state index >= 15 is 0 Å². The summed E-state index contributed by atoms with van der Waals surface area (Å²) in [5.74, 6) is 1.63. The zero-order valence-electron chi connectivity index (χ0n) is 21.0. The molecular formula is C26H33N5O3S. The molecule has 8 nitrogen and oxygen atoms in total. The van der Waals surface area contributed by atoms with Crippen molar-refractivity contribution in [3.05, 3.63) is 48.2 Å². The fraction of sp³-hybridized carbons (Fsp3) is 0.462. The first kappa shape index (κ1) is 25.0. The van der Waals surface area contributed by atoms with Crippen LogP contribution in [0.4, 0.5) is 0 Å². The van der Waals surface area contributed by atoms with Gasteiger partial charge in [0.25, 0.3) is 0 Å². The molecule has 1 aliphatic heterocycles. The summed E-state index contributed by atoms with van der Waals surface area (Å²) in [4.78, 5) is 29.5. The van der Waals surface area contributed by atoms with Crippen LogP contribution in [0.3, 0.4) is 0 Å². The second kappa shape index (κ2) is 10.3. The molecule has 3 aromatic rings. The van der Waals surface area contributed by atoms with E-state index in [2.05, 4.69) is 37.0 Å². The highest BCUT2D eigenvalue weighted by Gasteiger charge is 2.31. The molecule has 9 heteroatoms. The molecule has 0 N–H and O–H groups in total. The Morgan fingerprint density at radius 1 is 1.11 bits per heavy atom. The van der Waals surface area contributed by atoms with E-state index in [0.29, 0.717) is 42.8 Å². The minimum absolute atomic E-state index is 0.00551. The molecule has 186 valence electrons. The summed E-state index contributed by atoms with van der Waals surface area (Å²) in [6.07, 6.45) is 2.11. The Bertz CT molecular complexity index is 1180. The Balaban J connectivity index is 1.45. The maximum absolute atomic E-state index is 13.1. The number of aryl methyl sites for hydroxylation is 1. The topological polar surface area (TPSA) is 84.5 Å². The molecule has 1 aliphatic rings. The minimum Gasteiger partial charge on any atom is -0.461 e. The SMILES string of the molecule is Cc1cccc(-n2c(SCC(=O)N3CCN(C(=O)CC(C)(C)C)C(C)C3)nnc2-c2ccco2)c1. The van der Waals surface area contributed by atoms with E-state index in [0.717, 1.165) is 11.3 Å². The van der Waals surface area contributed by atoms with Gasteiger partial charge in [0.2, 0.25) is 17.6 Å². The normalized spacial score (nSPS) is 16.5. The van der Waals surface area contributed by atoms with Crippen LogP contribution >= 0.6 is 11.8 Å². The Morgan fingerprint density at radius 2 is 1.91 bits per heavy atom. The number of carbonyl (C=O) groups is 2. The highest BCUT2D eigenvalue weighted by Crippen LogP contribution is 2.29. The largest absolute Gasteiger partial charge is 0.461 e. The summed E-state index contributed by atoms with van der Waals surface area (Å²) in [5, 5.41) is 9.35. The van der Waals surface area contributed by atoms with Crippen LogP contribution in [-0.4, -0.2) is 67.8 Å². The van der Waals surface area contributed by atoms with Crippen LogP contribution in [0.25, 0.3) is 17.3 Å². The van der Waals surface area contributed by atoms with Crippen molar-refractivity contribution in [3.8, 4) is 17.3 Å². The summed E-state index contributed by atoms with van der Waals surface area (Å²) >= 11 is 1.36. The van der Waals surface area contributed by atoms with Gasteiger partial charge in [-0.15, -0.1) is 10.2 Å². The van der Waals surface area contributed by atoms with E-state index in [1.807, 2.05) is 58.5 Å². The molecule has 3 heterocycles. The number of thioether (sulfide) groups is 1. The molecule has 1 unspecified atom stereocenters. The molecule has 0 radical (unpaired) electrons. The van der Waals surface area contributed by atoms with Gasteiger partial charge in [-0.1, -0.05) is 44.7 Å². The molecule has 4 rings (SSSR count). The van der Waals surface area contributed by atoms with Crippen molar-refractivity contribution in [1.29, 1.82) is 0 Å².